The van der Waals surface area contributed by atoms with Crippen LogP contribution in [0.15, 0.2) is 89.1 Å². The molecule has 3 fully saturated rings. The van der Waals surface area contributed by atoms with Gasteiger partial charge in [-0.2, -0.15) is 5.26 Å². The fraction of sp³-hybridized carbons (Fsp3) is 0.212. The molecule has 0 amide bonds. The number of rotatable bonds is 6. The van der Waals surface area contributed by atoms with E-state index in [4.69, 9.17) is 4.74 Å². The summed E-state index contributed by atoms with van der Waals surface area (Å²) in [5.41, 5.74) is 4.80. The summed E-state index contributed by atoms with van der Waals surface area (Å²) in [7, 11) is -2.59. The van der Waals surface area contributed by atoms with Gasteiger partial charge < -0.3 is 4.74 Å². The smallest absolute Gasteiger partial charge is 0.311 e. The van der Waals surface area contributed by atoms with E-state index in [1.165, 1.54) is 22.4 Å². The molecule has 0 atom stereocenters. The molecule has 5 aromatic rings. The highest BCUT2D eigenvalue weighted by Gasteiger charge is 2.72. The van der Waals surface area contributed by atoms with Crippen LogP contribution in [-0.2, 0) is 25.0 Å². The minimum atomic E-state index is -4.03. The molecule has 0 aliphatic heterocycles. The third kappa shape index (κ3) is 3.59. The maximum Gasteiger partial charge on any atom is 0.311 e. The summed E-state index contributed by atoms with van der Waals surface area (Å²) in [6.07, 6.45) is 2.20. The first kappa shape index (κ1) is 25.8. The van der Waals surface area contributed by atoms with E-state index >= 15 is 0 Å². The predicted molar refractivity (Wildman–Crippen MR) is 159 cm³/mol. The zero-order valence-corrected chi connectivity index (χ0v) is 24.2. The monoisotopic (exact) mass is 578 g/mol. The van der Waals surface area contributed by atoms with Crippen molar-refractivity contribution in [2.24, 2.45) is 5.41 Å². The molecule has 0 spiro atoms. The second-order valence-electron chi connectivity index (χ2n) is 11.3. The van der Waals surface area contributed by atoms with Gasteiger partial charge in [-0.1, -0.05) is 54.1 Å². The fourth-order valence-corrected chi connectivity index (χ4v) is 9.16. The second-order valence-corrected chi connectivity index (χ2v) is 14.0. The van der Waals surface area contributed by atoms with Gasteiger partial charge in [0.15, 0.2) is 0 Å². The van der Waals surface area contributed by atoms with Crippen molar-refractivity contribution in [3.8, 4) is 28.5 Å². The van der Waals surface area contributed by atoms with Gasteiger partial charge in [-0.05, 0) is 72.9 Å². The van der Waals surface area contributed by atoms with Gasteiger partial charge in [0.1, 0.15) is 10.9 Å². The average molecular weight is 579 g/mol. The molecule has 3 aliphatic rings. The number of hydrogen-bond acceptors (Lipinski definition) is 6. The van der Waals surface area contributed by atoms with Crippen LogP contribution < -0.4 is 0 Å². The highest BCUT2D eigenvalue weighted by Crippen LogP contribution is 2.74. The van der Waals surface area contributed by atoms with Gasteiger partial charge in [0.2, 0.25) is 0 Å². The van der Waals surface area contributed by atoms with E-state index < -0.39 is 15.4 Å². The maximum absolute atomic E-state index is 14.4. The number of aromatic nitrogens is 1. The standard InChI is InChI=1S/C33H26N2O4S2/c1-21-10-12-24(13-11-21)41(37,38)35-27-9-4-3-8-25(27)29(26-14-15-40-28(26)17-34)30(35)22-6-5-7-23(16-22)32-18-33(19-32,20-32)31(36)39-2/h3-16H,18-20H2,1-2H3. The Kier molecular flexibility index (Phi) is 5.59. The lowest BCUT2D eigenvalue weighted by atomic mass is 9.33. The van der Waals surface area contributed by atoms with E-state index in [0.717, 1.165) is 46.9 Å². The van der Waals surface area contributed by atoms with Crippen LogP contribution in [0.4, 0.5) is 0 Å². The first-order chi connectivity index (χ1) is 19.7. The number of thiophene rings is 1. The van der Waals surface area contributed by atoms with Crippen molar-refractivity contribution in [3.05, 3.63) is 100 Å². The lowest BCUT2D eigenvalue weighted by Crippen LogP contribution is -2.68. The van der Waals surface area contributed by atoms with Crippen LogP contribution in [0.1, 0.15) is 35.3 Å². The Morgan fingerprint density at radius 2 is 1.73 bits per heavy atom. The second kappa shape index (κ2) is 8.90. The number of hydrogen-bond donors (Lipinski definition) is 0. The molecular weight excluding hydrogens is 553 g/mol. The van der Waals surface area contributed by atoms with Crippen LogP contribution in [0.3, 0.4) is 0 Å². The molecule has 204 valence electrons. The van der Waals surface area contributed by atoms with Crippen LogP contribution in [0, 0.1) is 23.7 Å². The first-order valence-electron chi connectivity index (χ1n) is 13.4. The summed E-state index contributed by atoms with van der Waals surface area (Å²) in [5, 5.41) is 12.6. The number of nitriles is 1. The molecule has 0 unspecified atom stereocenters. The molecule has 3 saturated carbocycles. The average Bonchev–Trinajstić information content (AvgIpc) is 3.54. The van der Waals surface area contributed by atoms with E-state index in [1.54, 1.807) is 24.3 Å². The van der Waals surface area contributed by atoms with E-state index in [0.29, 0.717) is 21.7 Å². The fourth-order valence-electron chi connectivity index (χ4n) is 6.93. The highest BCUT2D eigenvalue weighted by molar-refractivity contribution is 7.90. The number of carbonyl (C=O) groups is 1. The van der Waals surface area contributed by atoms with Crippen molar-refractivity contribution in [1.82, 2.24) is 3.97 Å². The van der Waals surface area contributed by atoms with Gasteiger partial charge in [-0.25, -0.2) is 12.4 Å². The Labute approximate surface area is 242 Å². The van der Waals surface area contributed by atoms with Crippen molar-refractivity contribution in [3.63, 3.8) is 0 Å². The number of methoxy groups -OCH3 is 1. The van der Waals surface area contributed by atoms with Gasteiger partial charge in [0.05, 0.1) is 28.6 Å². The molecule has 0 N–H and O–H groups in total. The van der Waals surface area contributed by atoms with Gasteiger partial charge in [-0.15, -0.1) is 11.3 Å². The highest BCUT2D eigenvalue weighted by atomic mass is 32.2. The third-order valence-corrected chi connectivity index (χ3v) is 11.4. The quantitative estimate of drug-likeness (QED) is 0.202. The predicted octanol–water partition coefficient (Wildman–Crippen LogP) is 7.05. The van der Waals surface area contributed by atoms with Gasteiger partial charge in [0.25, 0.3) is 10.0 Å². The maximum atomic E-state index is 14.4. The Morgan fingerprint density at radius 1 is 1.00 bits per heavy atom. The zero-order chi connectivity index (χ0) is 28.6. The Hall–Kier alpha value is -4.19. The van der Waals surface area contributed by atoms with E-state index in [2.05, 4.69) is 18.2 Å². The number of benzene rings is 3. The number of fused-ring (bicyclic) bond motifs is 1. The number of carbonyl (C=O) groups excluding carboxylic acids is 1. The van der Waals surface area contributed by atoms with Gasteiger partial charge >= 0.3 is 5.97 Å². The van der Waals surface area contributed by atoms with Crippen molar-refractivity contribution in [2.45, 2.75) is 36.5 Å². The summed E-state index contributed by atoms with van der Waals surface area (Å²) in [4.78, 5) is 13.1. The molecule has 41 heavy (non-hydrogen) atoms. The first-order valence-corrected chi connectivity index (χ1v) is 15.7. The summed E-state index contributed by atoms with van der Waals surface area (Å²) in [6.45, 7) is 1.92. The molecule has 2 bridgehead atoms. The summed E-state index contributed by atoms with van der Waals surface area (Å²) >= 11 is 1.34. The zero-order valence-electron chi connectivity index (χ0n) is 22.5. The van der Waals surface area contributed by atoms with Crippen LogP contribution in [0.2, 0.25) is 0 Å². The Bertz CT molecular complexity index is 2010. The molecule has 8 heteroatoms. The Balaban J connectivity index is 1.49. The normalized spacial score (nSPS) is 21.1. The topological polar surface area (TPSA) is 89.2 Å². The van der Waals surface area contributed by atoms with E-state index in [1.807, 2.05) is 54.8 Å². The van der Waals surface area contributed by atoms with E-state index in [-0.39, 0.29) is 16.3 Å². The number of para-hydroxylation sites is 1. The lowest BCUT2D eigenvalue weighted by Gasteiger charge is -2.69. The minimum Gasteiger partial charge on any atom is -0.469 e. The molecule has 0 radical (unpaired) electrons. The SMILES string of the molecule is COC(=O)C12CC(c3cccc(-c4c(-c5ccsc5C#N)c5ccccc5n4S(=O)(=O)c4ccc(C)cc4)c3)(C1)C2. The molecular formula is C33H26N2O4S2. The van der Waals surface area contributed by atoms with Crippen molar-refractivity contribution in [1.29, 1.82) is 5.26 Å². The minimum absolute atomic E-state index is 0.114. The van der Waals surface area contributed by atoms with E-state index in [9.17, 15) is 18.5 Å². The van der Waals surface area contributed by atoms with Gasteiger partial charge in [0, 0.05) is 22.1 Å². The molecule has 2 heterocycles. The summed E-state index contributed by atoms with van der Waals surface area (Å²) < 4.78 is 35.4. The van der Waals surface area contributed by atoms with Crippen molar-refractivity contribution in [2.75, 3.05) is 7.11 Å². The summed E-state index contributed by atoms with van der Waals surface area (Å²) in [6, 6.07) is 26.5. The summed E-state index contributed by atoms with van der Waals surface area (Å²) in [5.74, 6) is -0.149. The molecule has 3 aliphatic carbocycles. The van der Waals surface area contributed by atoms with Crippen LogP contribution in [-0.4, -0.2) is 25.5 Å². The molecule has 2 aromatic heterocycles. The van der Waals surface area contributed by atoms with Crippen LogP contribution in [0.25, 0.3) is 33.3 Å². The number of aryl methyl sites for hydroxylation is 1. The number of esters is 1. The number of ether oxygens (including phenoxy) is 1. The lowest BCUT2D eigenvalue weighted by molar-refractivity contribution is -0.198. The Morgan fingerprint density at radius 3 is 2.44 bits per heavy atom. The largest absolute Gasteiger partial charge is 0.469 e. The third-order valence-electron chi connectivity index (χ3n) is 8.82. The molecule has 6 nitrogen and oxygen atoms in total. The molecule has 8 rings (SSSR count). The number of nitrogens with zero attached hydrogens (tertiary/aromatic N) is 2. The van der Waals surface area contributed by atoms with Crippen molar-refractivity contribution >= 4 is 38.2 Å². The molecule has 0 saturated heterocycles. The molecule has 3 aromatic carbocycles. The van der Waals surface area contributed by atoms with Crippen LogP contribution in [0.5, 0.6) is 0 Å². The van der Waals surface area contributed by atoms with Gasteiger partial charge in [-0.3, -0.25) is 4.79 Å². The van der Waals surface area contributed by atoms with Crippen LogP contribution >= 0.6 is 11.3 Å². The van der Waals surface area contributed by atoms with Crippen molar-refractivity contribution < 1.29 is 17.9 Å².